The molecule has 7 heteroatoms. The van der Waals surface area contributed by atoms with E-state index in [0.29, 0.717) is 15.1 Å². The van der Waals surface area contributed by atoms with Gasteiger partial charge in [0.1, 0.15) is 0 Å². The molecular weight excluding hydrogens is 373 g/mol. The minimum Gasteiger partial charge on any atom is -0.452 e. The van der Waals surface area contributed by atoms with E-state index in [0.717, 1.165) is 5.56 Å². The number of nitrogens with one attached hydrogen (secondary N) is 1. The standard InChI is InChI=1S/C17H14Cl3NO3/c1-10(11-3-2-4-13(18)5-11)21-16(22)9-24-17(23)12-6-14(19)8-15(20)7-12/h2-8,10H,9H2,1H3,(H,21,22)/t10-/m0/s1. The fourth-order valence-corrected chi connectivity index (χ4v) is 2.75. The highest BCUT2D eigenvalue weighted by Gasteiger charge is 2.14. The summed E-state index contributed by atoms with van der Waals surface area (Å²) in [7, 11) is 0. The molecule has 0 fully saturated rings. The Balaban J connectivity index is 1.89. The average Bonchev–Trinajstić information content (AvgIpc) is 2.51. The van der Waals surface area contributed by atoms with Crippen LogP contribution in [0, 0.1) is 0 Å². The summed E-state index contributed by atoms with van der Waals surface area (Å²) in [5.74, 6) is -1.10. The van der Waals surface area contributed by atoms with Crippen LogP contribution in [0.2, 0.25) is 15.1 Å². The second-order valence-electron chi connectivity index (χ2n) is 5.08. The molecule has 1 atom stereocenters. The molecular formula is C17H14Cl3NO3. The Bertz CT molecular complexity index is 744. The molecule has 2 rings (SSSR count). The molecule has 4 nitrogen and oxygen atoms in total. The molecule has 0 aromatic heterocycles. The van der Waals surface area contributed by atoms with E-state index in [1.807, 2.05) is 13.0 Å². The number of esters is 1. The molecule has 0 heterocycles. The number of benzene rings is 2. The van der Waals surface area contributed by atoms with Crippen LogP contribution >= 0.6 is 34.8 Å². The van der Waals surface area contributed by atoms with Gasteiger partial charge in [-0.05, 0) is 42.8 Å². The minimum atomic E-state index is -0.676. The maximum Gasteiger partial charge on any atom is 0.338 e. The lowest BCUT2D eigenvalue weighted by Gasteiger charge is -2.14. The van der Waals surface area contributed by atoms with Crippen molar-refractivity contribution in [2.75, 3.05) is 6.61 Å². The molecule has 0 bridgehead atoms. The van der Waals surface area contributed by atoms with Crippen LogP contribution in [0.15, 0.2) is 42.5 Å². The van der Waals surface area contributed by atoms with Gasteiger partial charge < -0.3 is 10.1 Å². The van der Waals surface area contributed by atoms with Gasteiger partial charge in [0.2, 0.25) is 0 Å². The van der Waals surface area contributed by atoms with E-state index in [9.17, 15) is 9.59 Å². The molecule has 0 saturated carbocycles. The lowest BCUT2D eigenvalue weighted by Crippen LogP contribution is -2.31. The van der Waals surface area contributed by atoms with Crippen LogP contribution in [0.25, 0.3) is 0 Å². The Labute approximate surface area is 154 Å². The lowest BCUT2D eigenvalue weighted by molar-refractivity contribution is -0.124. The molecule has 1 N–H and O–H groups in total. The molecule has 0 radical (unpaired) electrons. The number of amides is 1. The SMILES string of the molecule is C[C@H](NC(=O)COC(=O)c1cc(Cl)cc(Cl)c1)c1cccc(Cl)c1. The van der Waals surface area contributed by atoms with E-state index in [2.05, 4.69) is 5.32 Å². The monoisotopic (exact) mass is 385 g/mol. The molecule has 0 unspecified atom stereocenters. The van der Waals surface area contributed by atoms with Crippen molar-refractivity contribution in [1.29, 1.82) is 0 Å². The summed E-state index contributed by atoms with van der Waals surface area (Å²) in [4.78, 5) is 23.8. The molecule has 24 heavy (non-hydrogen) atoms. The second-order valence-corrected chi connectivity index (χ2v) is 6.39. The van der Waals surface area contributed by atoms with E-state index in [-0.39, 0.29) is 11.6 Å². The van der Waals surface area contributed by atoms with Gasteiger partial charge in [-0.15, -0.1) is 0 Å². The van der Waals surface area contributed by atoms with Crippen LogP contribution in [0.5, 0.6) is 0 Å². The summed E-state index contributed by atoms with van der Waals surface area (Å²) in [5.41, 5.74) is 1.03. The molecule has 0 spiro atoms. The summed E-state index contributed by atoms with van der Waals surface area (Å²) in [6.07, 6.45) is 0. The number of halogens is 3. The minimum absolute atomic E-state index is 0.184. The quantitative estimate of drug-likeness (QED) is 0.759. The fourth-order valence-electron chi connectivity index (χ4n) is 2.03. The Hall–Kier alpha value is -1.75. The van der Waals surface area contributed by atoms with Crippen molar-refractivity contribution >= 4 is 46.7 Å². The van der Waals surface area contributed by atoms with Gasteiger partial charge in [-0.3, -0.25) is 4.79 Å². The van der Waals surface area contributed by atoms with Gasteiger partial charge in [-0.2, -0.15) is 0 Å². The Morgan fingerprint density at radius 1 is 1.04 bits per heavy atom. The van der Waals surface area contributed by atoms with Gasteiger partial charge >= 0.3 is 5.97 Å². The lowest BCUT2D eigenvalue weighted by atomic mass is 10.1. The van der Waals surface area contributed by atoms with Gasteiger partial charge in [0.05, 0.1) is 11.6 Å². The third-order valence-corrected chi connectivity index (χ3v) is 3.83. The Kier molecular flexibility index (Phi) is 6.49. The third-order valence-electron chi connectivity index (χ3n) is 3.16. The number of carbonyl (C=O) groups excluding carboxylic acids is 2. The van der Waals surface area contributed by atoms with E-state index in [4.69, 9.17) is 39.5 Å². The second kappa shape index (κ2) is 8.38. The van der Waals surface area contributed by atoms with Gasteiger partial charge in [-0.1, -0.05) is 46.9 Å². The smallest absolute Gasteiger partial charge is 0.338 e. The van der Waals surface area contributed by atoms with E-state index >= 15 is 0 Å². The van der Waals surface area contributed by atoms with E-state index in [1.54, 1.807) is 18.2 Å². The Morgan fingerprint density at radius 3 is 2.33 bits per heavy atom. The Morgan fingerprint density at radius 2 is 1.71 bits per heavy atom. The molecule has 0 aliphatic carbocycles. The van der Waals surface area contributed by atoms with Gasteiger partial charge in [0.15, 0.2) is 6.61 Å². The first-order valence-corrected chi connectivity index (χ1v) is 8.16. The van der Waals surface area contributed by atoms with Crippen LogP contribution in [0.4, 0.5) is 0 Å². The predicted octanol–water partition coefficient (Wildman–Crippen LogP) is 4.68. The van der Waals surface area contributed by atoms with Crippen LogP contribution in [-0.4, -0.2) is 18.5 Å². The fraction of sp³-hybridized carbons (Fsp3) is 0.176. The highest BCUT2D eigenvalue weighted by Crippen LogP contribution is 2.20. The highest BCUT2D eigenvalue weighted by atomic mass is 35.5. The maximum atomic E-state index is 11.9. The molecule has 0 aliphatic rings. The zero-order valence-electron chi connectivity index (χ0n) is 12.7. The van der Waals surface area contributed by atoms with Crippen LogP contribution in [0.1, 0.15) is 28.9 Å². The van der Waals surface area contributed by atoms with Gasteiger partial charge in [0, 0.05) is 15.1 Å². The number of rotatable bonds is 5. The van der Waals surface area contributed by atoms with Gasteiger partial charge in [0.25, 0.3) is 5.91 Å². The molecule has 0 saturated heterocycles. The highest BCUT2D eigenvalue weighted by molar-refractivity contribution is 6.35. The van der Waals surface area contributed by atoms with E-state index in [1.165, 1.54) is 18.2 Å². The van der Waals surface area contributed by atoms with Crippen molar-refractivity contribution in [2.45, 2.75) is 13.0 Å². The number of ether oxygens (including phenoxy) is 1. The van der Waals surface area contributed by atoms with E-state index < -0.39 is 18.5 Å². The first-order valence-electron chi connectivity index (χ1n) is 7.03. The van der Waals surface area contributed by atoms with Crippen LogP contribution in [-0.2, 0) is 9.53 Å². The van der Waals surface area contributed by atoms with Crippen LogP contribution in [0.3, 0.4) is 0 Å². The third kappa shape index (κ3) is 5.41. The van der Waals surface area contributed by atoms with Gasteiger partial charge in [-0.25, -0.2) is 4.79 Å². The first-order chi connectivity index (χ1) is 11.3. The molecule has 1 amide bonds. The summed E-state index contributed by atoms with van der Waals surface area (Å²) < 4.78 is 4.97. The van der Waals surface area contributed by atoms with Crippen molar-refractivity contribution in [1.82, 2.24) is 5.32 Å². The number of hydrogen-bond acceptors (Lipinski definition) is 3. The molecule has 126 valence electrons. The number of carbonyl (C=O) groups is 2. The molecule has 2 aromatic rings. The summed E-state index contributed by atoms with van der Waals surface area (Å²) in [6, 6.07) is 11.2. The van der Waals surface area contributed by atoms with Crippen molar-refractivity contribution in [3.05, 3.63) is 68.7 Å². The zero-order chi connectivity index (χ0) is 17.7. The topological polar surface area (TPSA) is 55.4 Å². The number of hydrogen-bond donors (Lipinski definition) is 1. The zero-order valence-corrected chi connectivity index (χ0v) is 15.0. The molecule has 0 aliphatic heterocycles. The van der Waals surface area contributed by atoms with Crippen LogP contribution < -0.4 is 5.32 Å². The van der Waals surface area contributed by atoms with Crippen molar-refractivity contribution in [2.24, 2.45) is 0 Å². The maximum absolute atomic E-state index is 11.9. The summed E-state index contributed by atoms with van der Waals surface area (Å²) in [5, 5.41) is 3.93. The van der Waals surface area contributed by atoms with Crippen molar-refractivity contribution < 1.29 is 14.3 Å². The molecule has 2 aromatic carbocycles. The van der Waals surface area contributed by atoms with Crippen molar-refractivity contribution in [3.8, 4) is 0 Å². The summed E-state index contributed by atoms with van der Waals surface area (Å²) in [6.45, 7) is 1.40. The average molecular weight is 387 g/mol. The largest absolute Gasteiger partial charge is 0.452 e. The van der Waals surface area contributed by atoms with Crippen molar-refractivity contribution in [3.63, 3.8) is 0 Å². The first kappa shape index (κ1) is 18.6. The summed E-state index contributed by atoms with van der Waals surface area (Å²) >= 11 is 17.6. The normalized spacial score (nSPS) is 11.7. The predicted molar refractivity (Wildman–Crippen MR) is 94.8 cm³/mol.